The third kappa shape index (κ3) is 3.27. The number of thiophene rings is 1. The Morgan fingerprint density at radius 3 is 2.92 bits per heavy atom. The van der Waals surface area contributed by atoms with Crippen molar-refractivity contribution >= 4 is 34.0 Å². The predicted octanol–water partition coefficient (Wildman–Crippen LogP) is 3.64. The van der Waals surface area contributed by atoms with Crippen LogP contribution in [0.25, 0.3) is 0 Å². The van der Waals surface area contributed by atoms with Gasteiger partial charge in [-0.25, -0.2) is 0 Å². The molecule has 2 aliphatic rings. The molecule has 0 amide bonds. The Balaban J connectivity index is 1.40. The van der Waals surface area contributed by atoms with Crippen LogP contribution in [0.5, 0.6) is 11.5 Å². The van der Waals surface area contributed by atoms with Crippen LogP contribution in [0.3, 0.4) is 0 Å². The molecule has 24 heavy (non-hydrogen) atoms. The summed E-state index contributed by atoms with van der Waals surface area (Å²) in [5.41, 5.74) is 5.25. The number of nitrogens with zero attached hydrogens (tertiary/aromatic N) is 2. The lowest BCUT2D eigenvalue weighted by Crippen LogP contribution is -2.25. The molecule has 0 atom stereocenters. The molecule has 3 heterocycles. The smallest absolute Gasteiger partial charge is 0.231 e. The van der Waals surface area contributed by atoms with E-state index in [2.05, 4.69) is 34.6 Å². The zero-order valence-electron chi connectivity index (χ0n) is 13.2. The Bertz CT molecular complexity index is 814. The number of rotatable bonds is 4. The number of amidine groups is 1. The van der Waals surface area contributed by atoms with Crippen molar-refractivity contribution in [1.82, 2.24) is 5.43 Å². The van der Waals surface area contributed by atoms with Crippen LogP contribution >= 0.6 is 23.1 Å². The lowest BCUT2D eigenvalue weighted by molar-refractivity contribution is 0.174. The van der Waals surface area contributed by atoms with Crippen LogP contribution in [0.1, 0.15) is 22.2 Å². The molecule has 1 N–H and O–H groups in total. The molecule has 0 radical (unpaired) electrons. The second-order valence-electron chi connectivity index (χ2n) is 5.39. The molecule has 0 saturated carbocycles. The summed E-state index contributed by atoms with van der Waals surface area (Å²) < 4.78 is 10.7. The van der Waals surface area contributed by atoms with Gasteiger partial charge in [0.1, 0.15) is 0 Å². The first kappa shape index (κ1) is 15.5. The Hall–Kier alpha value is -1.99. The van der Waals surface area contributed by atoms with E-state index in [1.54, 1.807) is 11.8 Å². The quantitative estimate of drug-likeness (QED) is 0.906. The summed E-state index contributed by atoms with van der Waals surface area (Å²) in [7, 11) is 0. The maximum atomic E-state index is 5.39. The fourth-order valence-corrected chi connectivity index (χ4v) is 4.23. The van der Waals surface area contributed by atoms with Crippen molar-refractivity contribution in [2.24, 2.45) is 10.1 Å². The highest BCUT2D eigenvalue weighted by molar-refractivity contribution is 8.14. The third-order valence-electron chi connectivity index (χ3n) is 3.77. The number of aliphatic imine (C=N–C) groups is 1. The number of hydrogen-bond donors (Lipinski definition) is 1. The van der Waals surface area contributed by atoms with Crippen LogP contribution < -0.4 is 14.9 Å². The van der Waals surface area contributed by atoms with E-state index in [0.29, 0.717) is 13.3 Å². The van der Waals surface area contributed by atoms with Gasteiger partial charge in [-0.2, -0.15) is 5.10 Å². The summed E-state index contributed by atoms with van der Waals surface area (Å²) in [5.74, 6) is 2.44. The lowest BCUT2D eigenvalue weighted by atomic mass is 10.2. The summed E-state index contributed by atoms with van der Waals surface area (Å²) >= 11 is 3.50. The van der Waals surface area contributed by atoms with Crippen molar-refractivity contribution in [1.29, 1.82) is 0 Å². The second-order valence-corrected chi connectivity index (χ2v) is 7.52. The van der Waals surface area contributed by atoms with Gasteiger partial charge in [0.2, 0.25) is 6.79 Å². The standard InChI is InChI=1S/C17H17N3O2S2/c1-2-12-4-6-16(24-12)13-9-23-17(20-19-13)18-8-11-3-5-14-15(7-11)22-10-21-14/h3-7H,2,8-10H2,1H3,(H,18,20). The minimum Gasteiger partial charge on any atom is -0.454 e. The SMILES string of the molecule is CCc1ccc(C2=NNC(=NCc3ccc4c(c3)OCO4)SC2)s1. The molecule has 0 spiro atoms. The third-order valence-corrected chi connectivity index (χ3v) is 5.96. The van der Waals surface area contributed by atoms with Crippen molar-refractivity contribution in [3.63, 3.8) is 0 Å². The number of nitrogens with one attached hydrogen (secondary N) is 1. The first-order valence-corrected chi connectivity index (χ1v) is 9.59. The van der Waals surface area contributed by atoms with E-state index in [1.165, 1.54) is 9.75 Å². The van der Waals surface area contributed by atoms with Gasteiger partial charge in [-0.15, -0.1) is 11.3 Å². The minimum absolute atomic E-state index is 0.296. The Morgan fingerprint density at radius 1 is 1.21 bits per heavy atom. The second kappa shape index (κ2) is 6.86. The Morgan fingerprint density at radius 2 is 2.12 bits per heavy atom. The lowest BCUT2D eigenvalue weighted by Gasteiger charge is -2.13. The fourth-order valence-electron chi connectivity index (χ4n) is 2.45. The summed E-state index contributed by atoms with van der Waals surface area (Å²) in [4.78, 5) is 7.22. The van der Waals surface area contributed by atoms with Crippen LogP contribution in [0.4, 0.5) is 0 Å². The average molecular weight is 359 g/mol. The van der Waals surface area contributed by atoms with Gasteiger partial charge in [0.25, 0.3) is 0 Å². The predicted molar refractivity (Wildman–Crippen MR) is 99.5 cm³/mol. The summed E-state index contributed by atoms with van der Waals surface area (Å²) in [6, 6.07) is 10.2. The Kier molecular flexibility index (Phi) is 4.44. The molecule has 1 aromatic carbocycles. The first-order chi connectivity index (χ1) is 11.8. The molecule has 7 heteroatoms. The van der Waals surface area contributed by atoms with Gasteiger partial charge < -0.3 is 9.47 Å². The molecule has 4 rings (SSSR count). The van der Waals surface area contributed by atoms with Gasteiger partial charge >= 0.3 is 0 Å². The van der Waals surface area contributed by atoms with Gasteiger partial charge in [-0.1, -0.05) is 24.8 Å². The van der Waals surface area contributed by atoms with Crippen molar-refractivity contribution in [2.75, 3.05) is 12.5 Å². The number of fused-ring (bicyclic) bond motifs is 1. The largest absolute Gasteiger partial charge is 0.454 e. The van der Waals surface area contributed by atoms with E-state index in [0.717, 1.165) is 40.1 Å². The van der Waals surface area contributed by atoms with Crippen molar-refractivity contribution < 1.29 is 9.47 Å². The number of aryl methyl sites for hydroxylation is 1. The van der Waals surface area contributed by atoms with Crippen molar-refractivity contribution in [3.05, 3.63) is 45.6 Å². The van der Waals surface area contributed by atoms with Crippen LogP contribution in [0.2, 0.25) is 0 Å². The summed E-state index contributed by atoms with van der Waals surface area (Å²) in [5, 5.41) is 5.33. The van der Waals surface area contributed by atoms with Crippen LogP contribution in [-0.4, -0.2) is 23.4 Å². The molecule has 0 saturated heterocycles. The topological polar surface area (TPSA) is 55.2 Å². The number of benzene rings is 1. The van der Waals surface area contributed by atoms with Gasteiger partial charge in [-0.05, 0) is 36.2 Å². The van der Waals surface area contributed by atoms with Gasteiger partial charge in [0, 0.05) is 10.6 Å². The van der Waals surface area contributed by atoms with E-state index in [-0.39, 0.29) is 0 Å². The first-order valence-electron chi connectivity index (χ1n) is 7.79. The molecule has 2 aliphatic heterocycles. The van der Waals surface area contributed by atoms with Gasteiger partial charge in [0.15, 0.2) is 16.7 Å². The highest BCUT2D eigenvalue weighted by Crippen LogP contribution is 2.32. The molecule has 0 aliphatic carbocycles. The zero-order valence-corrected chi connectivity index (χ0v) is 14.9. The molecular formula is C17H17N3O2S2. The molecule has 0 fully saturated rings. The van der Waals surface area contributed by atoms with E-state index in [4.69, 9.17) is 9.47 Å². The number of hydrogen-bond acceptors (Lipinski definition) is 6. The highest BCUT2D eigenvalue weighted by atomic mass is 32.2. The molecule has 2 aromatic rings. The monoisotopic (exact) mass is 359 g/mol. The van der Waals surface area contributed by atoms with E-state index < -0.39 is 0 Å². The van der Waals surface area contributed by atoms with E-state index in [1.807, 2.05) is 29.5 Å². The van der Waals surface area contributed by atoms with Gasteiger partial charge in [0.05, 0.1) is 17.1 Å². The molecule has 0 bridgehead atoms. The zero-order chi connectivity index (χ0) is 16.4. The normalized spacial score (nSPS) is 17.7. The molecule has 5 nitrogen and oxygen atoms in total. The van der Waals surface area contributed by atoms with Crippen LogP contribution in [0, 0.1) is 0 Å². The molecule has 124 valence electrons. The van der Waals surface area contributed by atoms with Crippen LogP contribution in [0.15, 0.2) is 40.4 Å². The number of hydrazone groups is 1. The molecule has 0 unspecified atom stereocenters. The molecule has 1 aromatic heterocycles. The maximum Gasteiger partial charge on any atom is 0.231 e. The van der Waals surface area contributed by atoms with E-state index in [9.17, 15) is 0 Å². The Labute approximate surface area is 148 Å². The summed E-state index contributed by atoms with van der Waals surface area (Å²) in [6.45, 7) is 3.06. The van der Waals surface area contributed by atoms with Crippen molar-refractivity contribution in [3.8, 4) is 11.5 Å². The molecular weight excluding hydrogens is 342 g/mol. The van der Waals surface area contributed by atoms with Crippen molar-refractivity contribution in [2.45, 2.75) is 19.9 Å². The maximum absolute atomic E-state index is 5.39. The number of ether oxygens (including phenoxy) is 2. The average Bonchev–Trinajstić information content (AvgIpc) is 3.29. The van der Waals surface area contributed by atoms with Gasteiger partial charge in [-0.3, -0.25) is 10.4 Å². The highest BCUT2D eigenvalue weighted by Gasteiger charge is 2.15. The van der Waals surface area contributed by atoms with Crippen LogP contribution in [-0.2, 0) is 13.0 Å². The number of thioether (sulfide) groups is 1. The fraction of sp³-hybridized carbons (Fsp3) is 0.294. The van der Waals surface area contributed by atoms with E-state index >= 15 is 0 Å². The minimum atomic E-state index is 0.296. The summed E-state index contributed by atoms with van der Waals surface area (Å²) in [6.07, 6.45) is 1.07.